The van der Waals surface area contributed by atoms with Gasteiger partial charge in [-0.05, 0) is 31.2 Å². The molecule has 0 fully saturated rings. The first-order valence-electron chi connectivity index (χ1n) is 8.58. The van der Waals surface area contributed by atoms with Crippen molar-refractivity contribution in [1.29, 1.82) is 5.26 Å². The Morgan fingerprint density at radius 1 is 1.11 bits per heavy atom. The molecule has 3 rings (SSSR count). The summed E-state index contributed by atoms with van der Waals surface area (Å²) in [5.74, 6) is 0.815. The van der Waals surface area contributed by atoms with Crippen LogP contribution in [0.15, 0.2) is 47.0 Å². The van der Waals surface area contributed by atoms with Crippen molar-refractivity contribution in [3.63, 3.8) is 0 Å². The summed E-state index contributed by atoms with van der Waals surface area (Å²) >= 11 is 0. The Hall–Kier alpha value is -3.53. The number of benzene rings is 1. The molecule has 3 aromatic rings. The Morgan fingerprint density at radius 2 is 1.81 bits per heavy atom. The molecular formula is C20H19N5O2. The molecule has 1 amide bonds. The minimum absolute atomic E-state index is 0.134. The summed E-state index contributed by atoms with van der Waals surface area (Å²) in [5, 5.41) is 19.8. The Morgan fingerprint density at radius 3 is 2.44 bits per heavy atom. The van der Waals surface area contributed by atoms with Crippen molar-refractivity contribution in [3.05, 3.63) is 65.5 Å². The summed E-state index contributed by atoms with van der Waals surface area (Å²) in [6.07, 6.45) is 1.59. The fourth-order valence-electron chi connectivity index (χ4n) is 2.45. The summed E-state index contributed by atoms with van der Waals surface area (Å²) in [4.78, 5) is 16.7. The van der Waals surface area contributed by atoms with Gasteiger partial charge >= 0.3 is 0 Å². The fraction of sp³-hybridized carbons (Fsp3) is 0.250. The van der Waals surface area contributed by atoms with E-state index < -0.39 is 6.04 Å². The number of amides is 1. The van der Waals surface area contributed by atoms with Crippen LogP contribution >= 0.6 is 0 Å². The summed E-state index contributed by atoms with van der Waals surface area (Å²) in [6, 6.07) is 12.1. The number of carbonyl (C=O) groups is 1. The van der Waals surface area contributed by atoms with Gasteiger partial charge in [0.2, 0.25) is 11.8 Å². The third-order valence-corrected chi connectivity index (χ3v) is 4.00. The third kappa shape index (κ3) is 4.18. The van der Waals surface area contributed by atoms with Gasteiger partial charge in [0.05, 0.1) is 17.3 Å². The summed E-state index contributed by atoms with van der Waals surface area (Å²) < 4.78 is 5.57. The molecule has 1 N–H and O–H groups in total. The van der Waals surface area contributed by atoms with Crippen molar-refractivity contribution in [2.75, 3.05) is 0 Å². The van der Waals surface area contributed by atoms with E-state index in [0.717, 1.165) is 5.56 Å². The molecule has 0 aliphatic carbocycles. The van der Waals surface area contributed by atoms with Crippen LogP contribution in [0, 0.1) is 11.3 Å². The van der Waals surface area contributed by atoms with Crippen LogP contribution in [-0.4, -0.2) is 21.1 Å². The zero-order chi connectivity index (χ0) is 19.4. The topological polar surface area (TPSA) is 105 Å². The zero-order valence-electron chi connectivity index (χ0n) is 15.3. The molecule has 7 nitrogen and oxygen atoms in total. The van der Waals surface area contributed by atoms with E-state index in [4.69, 9.17) is 9.68 Å². The maximum absolute atomic E-state index is 12.5. The first-order valence-corrected chi connectivity index (χ1v) is 8.58. The molecule has 1 unspecified atom stereocenters. The Kier molecular flexibility index (Phi) is 5.27. The number of hydrogen-bond donors (Lipinski definition) is 1. The highest BCUT2D eigenvalue weighted by atomic mass is 16.4. The van der Waals surface area contributed by atoms with Gasteiger partial charge in [0, 0.05) is 23.2 Å². The van der Waals surface area contributed by atoms with Crippen LogP contribution in [0.4, 0.5) is 0 Å². The van der Waals surface area contributed by atoms with E-state index >= 15 is 0 Å². The minimum Gasteiger partial charge on any atom is -0.423 e. The average molecular weight is 361 g/mol. The van der Waals surface area contributed by atoms with Crippen LogP contribution in [-0.2, 0) is 0 Å². The number of nitrogens with zero attached hydrogens (tertiary/aromatic N) is 4. The van der Waals surface area contributed by atoms with Crippen LogP contribution in [0.3, 0.4) is 0 Å². The van der Waals surface area contributed by atoms with Gasteiger partial charge in [0.25, 0.3) is 5.91 Å². The highest BCUT2D eigenvalue weighted by Gasteiger charge is 2.18. The molecule has 0 bridgehead atoms. The average Bonchev–Trinajstić information content (AvgIpc) is 3.19. The molecular weight excluding hydrogens is 342 g/mol. The molecule has 2 aromatic heterocycles. The van der Waals surface area contributed by atoms with Crippen molar-refractivity contribution in [2.24, 2.45) is 0 Å². The highest BCUT2D eigenvalue weighted by Crippen LogP contribution is 2.20. The second-order valence-corrected chi connectivity index (χ2v) is 6.45. The summed E-state index contributed by atoms with van der Waals surface area (Å²) in [7, 11) is 0. The molecule has 27 heavy (non-hydrogen) atoms. The molecule has 0 saturated carbocycles. The van der Waals surface area contributed by atoms with E-state index in [1.54, 1.807) is 49.5 Å². The first kappa shape index (κ1) is 18.3. The van der Waals surface area contributed by atoms with Crippen LogP contribution in [0.1, 0.15) is 60.4 Å². The van der Waals surface area contributed by atoms with Crippen LogP contribution in [0.2, 0.25) is 0 Å². The Labute approximate surface area is 157 Å². The highest BCUT2D eigenvalue weighted by molar-refractivity contribution is 5.94. The van der Waals surface area contributed by atoms with E-state index in [1.165, 1.54) is 0 Å². The molecule has 0 saturated heterocycles. The predicted octanol–water partition coefficient (Wildman–Crippen LogP) is 3.62. The van der Waals surface area contributed by atoms with Crippen LogP contribution in [0.5, 0.6) is 0 Å². The normalized spacial score (nSPS) is 11.8. The fourth-order valence-corrected chi connectivity index (χ4v) is 2.45. The second-order valence-electron chi connectivity index (χ2n) is 6.45. The Balaban J connectivity index is 1.70. The standard InChI is InChI=1S/C20H19N5O2/c1-12(2)19-24-25-20(27-19)13(3)23-18(26)16-6-4-15(5-7-16)17-10-14(11-21)8-9-22-17/h4-10,12-13H,1-3H3,(H,23,26). The zero-order valence-corrected chi connectivity index (χ0v) is 15.3. The van der Waals surface area contributed by atoms with Crippen molar-refractivity contribution >= 4 is 5.91 Å². The van der Waals surface area contributed by atoms with Gasteiger partial charge in [-0.2, -0.15) is 5.26 Å². The lowest BCUT2D eigenvalue weighted by Crippen LogP contribution is -2.26. The van der Waals surface area contributed by atoms with Crippen LogP contribution in [0.25, 0.3) is 11.3 Å². The van der Waals surface area contributed by atoms with Gasteiger partial charge in [0.15, 0.2) is 0 Å². The van der Waals surface area contributed by atoms with Crippen molar-refractivity contribution in [3.8, 4) is 17.3 Å². The molecule has 1 atom stereocenters. The summed E-state index contributed by atoms with van der Waals surface area (Å²) in [5.41, 5.74) is 2.55. The van der Waals surface area contributed by atoms with E-state index in [2.05, 4.69) is 26.6 Å². The maximum Gasteiger partial charge on any atom is 0.251 e. The molecule has 0 spiro atoms. The number of pyridine rings is 1. The van der Waals surface area contributed by atoms with Crippen molar-refractivity contribution < 1.29 is 9.21 Å². The van der Waals surface area contributed by atoms with E-state index in [0.29, 0.717) is 28.6 Å². The van der Waals surface area contributed by atoms with E-state index in [-0.39, 0.29) is 11.8 Å². The molecule has 0 radical (unpaired) electrons. The summed E-state index contributed by atoms with van der Waals surface area (Å²) in [6.45, 7) is 5.72. The minimum atomic E-state index is -0.397. The number of carbonyl (C=O) groups excluding carboxylic acids is 1. The van der Waals surface area contributed by atoms with Gasteiger partial charge < -0.3 is 9.73 Å². The van der Waals surface area contributed by atoms with Gasteiger partial charge in [0.1, 0.15) is 6.04 Å². The molecule has 0 aliphatic rings. The lowest BCUT2D eigenvalue weighted by Gasteiger charge is -2.10. The van der Waals surface area contributed by atoms with Gasteiger partial charge in [-0.15, -0.1) is 10.2 Å². The Bertz CT molecular complexity index is 986. The van der Waals surface area contributed by atoms with Crippen LogP contribution < -0.4 is 5.32 Å². The van der Waals surface area contributed by atoms with Gasteiger partial charge in [-0.25, -0.2) is 0 Å². The maximum atomic E-state index is 12.5. The number of rotatable bonds is 5. The van der Waals surface area contributed by atoms with E-state index in [9.17, 15) is 4.79 Å². The molecule has 136 valence electrons. The monoisotopic (exact) mass is 361 g/mol. The van der Waals surface area contributed by atoms with Crippen molar-refractivity contribution in [2.45, 2.75) is 32.7 Å². The number of nitriles is 1. The van der Waals surface area contributed by atoms with Crippen molar-refractivity contribution in [1.82, 2.24) is 20.5 Å². The number of nitrogens with one attached hydrogen (secondary N) is 1. The quantitative estimate of drug-likeness (QED) is 0.744. The lowest BCUT2D eigenvalue weighted by atomic mass is 10.1. The van der Waals surface area contributed by atoms with Gasteiger partial charge in [-0.1, -0.05) is 26.0 Å². The smallest absolute Gasteiger partial charge is 0.251 e. The SMILES string of the molecule is CC(C)c1nnc(C(C)NC(=O)c2ccc(-c3cc(C#N)ccn3)cc2)o1. The number of hydrogen-bond acceptors (Lipinski definition) is 6. The first-order chi connectivity index (χ1) is 13.0. The largest absolute Gasteiger partial charge is 0.423 e. The van der Waals surface area contributed by atoms with Gasteiger partial charge in [-0.3, -0.25) is 9.78 Å². The molecule has 1 aromatic carbocycles. The second kappa shape index (κ2) is 7.79. The molecule has 0 aliphatic heterocycles. The number of aromatic nitrogens is 3. The molecule has 2 heterocycles. The molecule has 7 heteroatoms. The third-order valence-electron chi connectivity index (χ3n) is 4.00. The van der Waals surface area contributed by atoms with E-state index in [1.807, 2.05) is 13.8 Å². The lowest BCUT2D eigenvalue weighted by molar-refractivity contribution is 0.0934. The predicted molar refractivity (Wildman–Crippen MR) is 98.7 cm³/mol.